The predicted octanol–water partition coefficient (Wildman–Crippen LogP) is 1.06. The fourth-order valence-corrected chi connectivity index (χ4v) is 2.29. The van der Waals surface area contributed by atoms with Crippen molar-refractivity contribution in [1.29, 1.82) is 0 Å². The minimum absolute atomic E-state index is 0.0495. The first-order valence-corrected chi connectivity index (χ1v) is 7.42. The van der Waals surface area contributed by atoms with Crippen LogP contribution in [0.2, 0.25) is 0 Å². The zero-order chi connectivity index (χ0) is 16.0. The Hall–Kier alpha value is -1.11. The van der Waals surface area contributed by atoms with E-state index in [1.807, 2.05) is 18.7 Å². The number of rotatable bonds is 8. The van der Waals surface area contributed by atoms with Gasteiger partial charge in [0.05, 0.1) is 18.9 Å². The second-order valence-electron chi connectivity index (χ2n) is 6.32. The summed E-state index contributed by atoms with van der Waals surface area (Å²) < 4.78 is 7.06. The highest BCUT2D eigenvalue weighted by Crippen LogP contribution is 2.23. The van der Waals surface area contributed by atoms with Crippen molar-refractivity contribution in [2.24, 2.45) is 7.05 Å². The van der Waals surface area contributed by atoms with Gasteiger partial charge in [0.15, 0.2) is 0 Å². The van der Waals surface area contributed by atoms with Crippen LogP contribution >= 0.6 is 0 Å². The number of nitrogens with zero attached hydrogens (tertiary/aromatic N) is 3. The summed E-state index contributed by atoms with van der Waals surface area (Å²) in [5.41, 5.74) is 2.25. The molecule has 0 fully saturated rings. The molecule has 0 aliphatic heterocycles. The van der Waals surface area contributed by atoms with Crippen molar-refractivity contribution in [3.8, 4) is 0 Å². The van der Waals surface area contributed by atoms with Crippen molar-refractivity contribution in [1.82, 2.24) is 15.1 Å². The molecule has 2 N–H and O–H groups in total. The zero-order valence-electron chi connectivity index (χ0n) is 14.2. The molecule has 1 aromatic heterocycles. The molecule has 6 heteroatoms. The van der Waals surface area contributed by atoms with Crippen molar-refractivity contribution in [3.63, 3.8) is 0 Å². The van der Waals surface area contributed by atoms with Gasteiger partial charge in [0, 0.05) is 44.9 Å². The Balaban J connectivity index is 3.01. The minimum Gasteiger partial charge on any atom is -0.395 e. The number of hydrogen-bond donors (Lipinski definition) is 2. The molecule has 0 aliphatic rings. The first-order valence-electron chi connectivity index (χ1n) is 7.42. The number of aryl methyl sites for hydroxylation is 2. The fraction of sp³-hybridized carbons (Fsp3) is 0.800. The van der Waals surface area contributed by atoms with Crippen LogP contribution in [0.15, 0.2) is 0 Å². The van der Waals surface area contributed by atoms with E-state index in [0.717, 1.165) is 24.6 Å². The van der Waals surface area contributed by atoms with E-state index in [9.17, 15) is 5.11 Å². The van der Waals surface area contributed by atoms with E-state index in [4.69, 9.17) is 4.74 Å². The number of hydrogen-bond acceptors (Lipinski definition) is 5. The van der Waals surface area contributed by atoms with Gasteiger partial charge in [-0.05, 0) is 27.7 Å². The molecule has 21 heavy (non-hydrogen) atoms. The highest BCUT2D eigenvalue weighted by atomic mass is 16.5. The van der Waals surface area contributed by atoms with Crippen molar-refractivity contribution < 1.29 is 9.84 Å². The Morgan fingerprint density at radius 3 is 2.52 bits per heavy atom. The molecular formula is C15H30N4O2. The molecule has 0 bridgehead atoms. The number of methoxy groups -OCH3 is 1. The summed E-state index contributed by atoms with van der Waals surface area (Å²) >= 11 is 0. The van der Waals surface area contributed by atoms with Gasteiger partial charge in [0.2, 0.25) is 0 Å². The molecule has 0 aromatic carbocycles. The van der Waals surface area contributed by atoms with Crippen LogP contribution in [0.3, 0.4) is 0 Å². The van der Waals surface area contributed by atoms with Gasteiger partial charge in [0.25, 0.3) is 0 Å². The summed E-state index contributed by atoms with van der Waals surface area (Å²) in [7, 11) is 3.63. The minimum atomic E-state index is 0.0495. The lowest BCUT2D eigenvalue weighted by molar-refractivity contribution is 0.202. The maximum atomic E-state index is 9.32. The van der Waals surface area contributed by atoms with Crippen LogP contribution in [0.4, 0.5) is 5.82 Å². The zero-order valence-corrected chi connectivity index (χ0v) is 14.2. The van der Waals surface area contributed by atoms with Crippen LogP contribution in [0, 0.1) is 6.92 Å². The molecule has 6 nitrogen and oxygen atoms in total. The second kappa shape index (κ2) is 7.77. The predicted molar refractivity (Wildman–Crippen MR) is 85.7 cm³/mol. The third-order valence-corrected chi connectivity index (χ3v) is 3.34. The summed E-state index contributed by atoms with van der Waals surface area (Å²) in [5, 5.41) is 17.4. The molecule has 0 radical (unpaired) electrons. The Morgan fingerprint density at radius 2 is 2.00 bits per heavy atom. The number of nitrogens with one attached hydrogen (secondary N) is 1. The number of aliphatic hydroxyl groups is 1. The van der Waals surface area contributed by atoms with Gasteiger partial charge in [-0.3, -0.25) is 4.68 Å². The summed E-state index contributed by atoms with van der Waals surface area (Å²) in [4.78, 5) is 2.13. The smallest absolute Gasteiger partial charge is 0.131 e. The normalized spacial score (nSPS) is 12.0. The average molecular weight is 298 g/mol. The van der Waals surface area contributed by atoms with Crippen LogP contribution < -0.4 is 10.2 Å². The third-order valence-electron chi connectivity index (χ3n) is 3.34. The largest absolute Gasteiger partial charge is 0.395 e. The van der Waals surface area contributed by atoms with Gasteiger partial charge in [-0.2, -0.15) is 5.10 Å². The molecule has 0 unspecified atom stereocenters. The van der Waals surface area contributed by atoms with E-state index < -0.39 is 0 Å². The molecule has 1 aromatic rings. The number of aliphatic hydroxyl groups excluding tert-OH is 1. The monoisotopic (exact) mass is 298 g/mol. The lowest BCUT2D eigenvalue weighted by atomic mass is 10.1. The molecule has 0 saturated carbocycles. The quantitative estimate of drug-likeness (QED) is 0.751. The van der Waals surface area contributed by atoms with Gasteiger partial charge in [-0.25, -0.2) is 0 Å². The van der Waals surface area contributed by atoms with Crippen LogP contribution in [0.1, 0.15) is 32.0 Å². The van der Waals surface area contributed by atoms with Gasteiger partial charge in [0.1, 0.15) is 5.82 Å². The SMILES string of the molecule is COCCN(CCO)c1c(CNC(C)(C)C)c(C)nn1C. The van der Waals surface area contributed by atoms with Gasteiger partial charge in [-0.1, -0.05) is 0 Å². The number of anilines is 1. The lowest BCUT2D eigenvalue weighted by Crippen LogP contribution is -2.37. The third kappa shape index (κ3) is 5.30. The van der Waals surface area contributed by atoms with Crippen LogP contribution in [0.25, 0.3) is 0 Å². The summed E-state index contributed by atoms with van der Waals surface area (Å²) in [6.07, 6.45) is 0. The number of ether oxygens (including phenoxy) is 1. The summed E-state index contributed by atoms with van der Waals surface area (Å²) in [6.45, 7) is 11.3. The molecule has 1 heterocycles. The molecule has 122 valence electrons. The van der Waals surface area contributed by atoms with Gasteiger partial charge in [-0.15, -0.1) is 0 Å². The highest BCUT2D eigenvalue weighted by molar-refractivity contribution is 5.50. The topological polar surface area (TPSA) is 62.6 Å². The van der Waals surface area contributed by atoms with E-state index in [1.54, 1.807) is 7.11 Å². The van der Waals surface area contributed by atoms with Crippen molar-refractivity contribution in [2.45, 2.75) is 39.8 Å². The summed E-state index contributed by atoms with van der Waals surface area (Å²) in [5.74, 6) is 1.05. The Labute approximate surface area is 128 Å². The first kappa shape index (κ1) is 17.9. The van der Waals surface area contributed by atoms with Crippen LogP contribution in [-0.2, 0) is 18.3 Å². The second-order valence-corrected chi connectivity index (χ2v) is 6.32. The maximum Gasteiger partial charge on any atom is 0.131 e. The van der Waals surface area contributed by atoms with E-state index in [2.05, 4.69) is 36.1 Å². The standard InChI is InChI=1S/C15H30N4O2/c1-12-13(11-16-15(2,3)4)14(18(5)17-12)19(7-9-20)8-10-21-6/h16,20H,7-11H2,1-6H3. The van der Waals surface area contributed by atoms with E-state index in [-0.39, 0.29) is 12.1 Å². The molecule has 1 rings (SSSR count). The molecule has 0 atom stereocenters. The van der Waals surface area contributed by atoms with Crippen molar-refractivity contribution >= 4 is 5.82 Å². The first-order chi connectivity index (χ1) is 9.80. The van der Waals surface area contributed by atoms with E-state index in [1.165, 1.54) is 5.56 Å². The Bertz CT molecular complexity index is 438. The molecule has 0 spiro atoms. The Kier molecular flexibility index (Phi) is 6.64. The van der Waals surface area contributed by atoms with Crippen molar-refractivity contribution in [2.75, 3.05) is 38.3 Å². The maximum absolute atomic E-state index is 9.32. The average Bonchev–Trinajstić information content (AvgIpc) is 2.65. The lowest BCUT2D eigenvalue weighted by Gasteiger charge is -2.26. The Morgan fingerprint density at radius 1 is 1.33 bits per heavy atom. The summed E-state index contributed by atoms with van der Waals surface area (Å²) in [6, 6.07) is 0. The molecule has 0 saturated heterocycles. The van der Waals surface area contributed by atoms with E-state index in [0.29, 0.717) is 13.2 Å². The van der Waals surface area contributed by atoms with E-state index >= 15 is 0 Å². The molecular weight excluding hydrogens is 268 g/mol. The molecule has 0 aliphatic carbocycles. The van der Waals surface area contributed by atoms with Crippen LogP contribution in [0.5, 0.6) is 0 Å². The van der Waals surface area contributed by atoms with Gasteiger partial charge >= 0.3 is 0 Å². The molecule has 0 amide bonds. The van der Waals surface area contributed by atoms with Crippen LogP contribution in [-0.4, -0.2) is 53.8 Å². The highest BCUT2D eigenvalue weighted by Gasteiger charge is 2.20. The number of aromatic nitrogens is 2. The van der Waals surface area contributed by atoms with Crippen molar-refractivity contribution in [3.05, 3.63) is 11.3 Å². The van der Waals surface area contributed by atoms with Gasteiger partial charge < -0.3 is 20.1 Å². The fourth-order valence-electron chi connectivity index (χ4n) is 2.29.